The van der Waals surface area contributed by atoms with Gasteiger partial charge in [-0.1, -0.05) is 0 Å². The second-order valence-corrected chi connectivity index (χ2v) is 2.05. The van der Waals surface area contributed by atoms with Gasteiger partial charge in [0.2, 0.25) is 0 Å². The fraction of sp³-hybridized carbons (Fsp3) is 0. The van der Waals surface area contributed by atoms with Gasteiger partial charge in [0.25, 0.3) is 5.69 Å². The summed E-state index contributed by atoms with van der Waals surface area (Å²) in [7, 11) is 0. The molecular weight excluding hydrogens is 161 g/mol. The Bertz CT molecular complexity index is 368. The minimum atomic E-state index is -0.685. The van der Waals surface area contributed by atoms with Gasteiger partial charge in [0.1, 0.15) is 5.82 Å². The molecule has 1 aromatic carbocycles. The van der Waals surface area contributed by atoms with Crippen molar-refractivity contribution in [2.75, 3.05) is 0 Å². The number of halogens is 1. The van der Waals surface area contributed by atoms with Crippen LogP contribution in [0.1, 0.15) is 5.56 Å². The van der Waals surface area contributed by atoms with E-state index >= 15 is 0 Å². The third kappa shape index (κ3) is 1.40. The zero-order chi connectivity index (χ0) is 9.14. The largest absolute Gasteiger partial charge is 0.270 e. The second-order valence-electron chi connectivity index (χ2n) is 2.05. The molecule has 0 spiro atoms. The molecule has 59 valence electrons. The zero-order valence-electron chi connectivity index (χ0n) is 5.87. The first-order valence-corrected chi connectivity index (χ1v) is 3.02. The maximum Gasteiger partial charge on any atom is 0.270 e. The van der Waals surface area contributed by atoms with Crippen molar-refractivity contribution >= 4 is 5.69 Å². The molecule has 0 saturated carbocycles. The highest BCUT2D eigenvalue weighted by Crippen LogP contribution is 2.15. The van der Waals surface area contributed by atoms with Crippen molar-refractivity contribution < 1.29 is 9.31 Å². The van der Waals surface area contributed by atoms with Crippen LogP contribution in [0.15, 0.2) is 18.2 Å². The summed E-state index contributed by atoms with van der Waals surface area (Å²) in [5.41, 5.74) is -0.449. The van der Waals surface area contributed by atoms with Crippen LogP contribution >= 0.6 is 0 Å². The molecule has 12 heavy (non-hydrogen) atoms. The number of nitro groups is 1. The van der Waals surface area contributed by atoms with Crippen molar-refractivity contribution in [1.29, 1.82) is 0 Å². The van der Waals surface area contributed by atoms with E-state index in [9.17, 15) is 14.5 Å². The fourth-order valence-electron chi connectivity index (χ4n) is 0.723. The summed E-state index contributed by atoms with van der Waals surface area (Å²) in [5.74, 6) is 1.08. The number of nitro benzene ring substituents is 1. The van der Waals surface area contributed by atoms with Crippen molar-refractivity contribution in [1.82, 2.24) is 0 Å². The SMILES string of the molecule is [C]#Cc1cc([N+](=O)[O-])ccc1F. The predicted octanol–water partition coefficient (Wildman–Crippen LogP) is 1.67. The predicted molar refractivity (Wildman–Crippen MR) is 39.3 cm³/mol. The Hall–Kier alpha value is -1.89. The van der Waals surface area contributed by atoms with Gasteiger partial charge in [0.15, 0.2) is 0 Å². The summed E-state index contributed by atoms with van der Waals surface area (Å²) < 4.78 is 12.6. The third-order valence-electron chi connectivity index (χ3n) is 1.30. The molecule has 0 atom stereocenters. The summed E-state index contributed by atoms with van der Waals surface area (Å²) in [5, 5.41) is 10.2. The van der Waals surface area contributed by atoms with E-state index in [1.165, 1.54) is 0 Å². The monoisotopic (exact) mass is 164 g/mol. The number of hydrogen-bond donors (Lipinski definition) is 0. The van der Waals surface area contributed by atoms with Crippen LogP contribution < -0.4 is 0 Å². The van der Waals surface area contributed by atoms with E-state index in [1.807, 2.05) is 0 Å². The van der Waals surface area contributed by atoms with E-state index in [-0.39, 0.29) is 11.3 Å². The third-order valence-corrected chi connectivity index (χ3v) is 1.30. The molecule has 0 aromatic heterocycles. The Morgan fingerprint density at radius 3 is 2.75 bits per heavy atom. The summed E-state index contributed by atoms with van der Waals surface area (Å²) in [6.07, 6.45) is 6.61. The van der Waals surface area contributed by atoms with Crippen molar-refractivity contribution in [3.05, 3.63) is 46.1 Å². The first kappa shape index (κ1) is 8.21. The highest BCUT2D eigenvalue weighted by molar-refractivity contribution is 5.42. The first-order chi connectivity index (χ1) is 5.65. The lowest BCUT2D eigenvalue weighted by atomic mass is 10.2. The van der Waals surface area contributed by atoms with E-state index in [0.29, 0.717) is 0 Å². The lowest BCUT2D eigenvalue weighted by molar-refractivity contribution is -0.384. The van der Waals surface area contributed by atoms with Crippen LogP contribution in [0, 0.1) is 28.3 Å². The van der Waals surface area contributed by atoms with E-state index in [1.54, 1.807) is 5.92 Å². The normalized spacial score (nSPS) is 9.00. The number of rotatable bonds is 1. The highest BCUT2D eigenvalue weighted by atomic mass is 19.1. The van der Waals surface area contributed by atoms with Gasteiger partial charge in [-0.3, -0.25) is 10.1 Å². The van der Waals surface area contributed by atoms with E-state index in [0.717, 1.165) is 18.2 Å². The molecule has 0 N–H and O–H groups in total. The van der Waals surface area contributed by atoms with Gasteiger partial charge in [0, 0.05) is 12.1 Å². The second kappa shape index (κ2) is 3.01. The average Bonchev–Trinajstić information content (AvgIpc) is 2.05. The molecule has 0 saturated heterocycles. The van der Waals surface area contributed by atoms with Gasteiger partial charge in [0.05, 0.1) is 10.5 Å². The number of nitrogens with zero attached hydrogens (tertiary/aromatic N) is 1. The van der Waals surface area contributed by atoms with E-state index in [4.69, 9.17) is 6.42 Å². The molecule has 0 bridgehead atoms. The molecule has 1 radical (unpaired) electrons. The van der Waals surface area contributed by atoms with Crippen molar-refractivity contribution in [3.63, 3.8) is 0 Å². The molecule has 0 aliphatic rings. The average molecular weight is 164 g/mol. The number of non-ortho nitro benzene ring substituents is 1. The summed E-state index contributed by atoms with van der Waals surface area (Å²) in [6.45, 7) is 0. The zero-order valence-corrected chi connectivity index (χ0v) is 5.87. The molecule has 0 unspecified atom stereocenters. The number of benzene rings is 1. The molecule has 4 heteroatoms. The fourth-order valence-corrected chi connectivity index (χ4v) is 0.723. The van der Waals surface area contributed by atoms with Crippen molar-refractivity contribution in [2.24, 2.45) is 0 Å². The van der Waals surface area contributed by atoms with Crippen molar-refractivity contribution in [3.8, 4) is 5.92 Å². The molecular formula is C8H3FNO2. The van der Waals surface area contributed by atoms with Crippen LogP contribution in [0.4, 0.5) is 10.1 Å². The molecule has 0 heterocycles. The topological polar surface area (TPSA) is 43.1 Å². The van der Waals surface area contributed by atoms with Crippen LogP contribution in [0.5, 0.6) is 0 Å². The van der Waals surface area contributed by atoms with Gasteiger partial charge in [-0.25, -0.2) is 4.39 Å². The Morgan fingerprint density at radius 1 is 1.58 bits per heavy atom. The molecule has 1 aromatic rings. The molecule has 0 aliphatic heterocycles. The smallest absolute Gasteiger partial charge is 0.258 e. The first-order valence-electron chi connectivity index (χ1n) is 3.02. The van der Waals surface area contributed by atoms with Crippen LogP contribution in [-0.4, -0.2) is 4.92 Å². The summed E-state index contributed by atoms with van der Waals surface area (Å²) in [4.78, 5) is 9.52. The standard InChI is InChI=1S/C8H3FNO2/c1-2-6-5-7(10(11)12)3-4-8(6)9/h3-5H. The minimum Gasteiger partial charge on any atom is -0.258 e. The summed E-state index contributed by atoms with van der Waals surface area (Å²) >= 11 is 0. The Labute approximate surface area is 68.0 Å². The van der Waals surface area contributed by atoms with Gasteiger partial charge < -0.3 is 0 Å². The van der Waals surface area contributed by atoms with Gasteiger partial charge >= 0.3 is 0 Å². The van der Waals surface area contributed by atoms with E-state index < -0.39 is 10.7 Å². The van der Waals surface area contributed by atoms with Crippen LogP contribution in [0.3, 0.4) is 0 Å². The molecule has 1 rings (SSSR count). The quantitative estimate of drug-likeness (QED) is 0.360. The maximum atomic E-state index is 12.6. The van der Waals surface area contributed by atoms with Gasteiger partial charge in [-0.05, 0) is 18.4 Å². The van der Waals surface area contributed by atoms with E-state index in [2.05, 4.69) is 0 Å². The lowest BCUT2D eigenvalue weighted by Gasteiger charge is -1.93. The Kier molecular flexibility index (Phi) is 2.06. The van der Waals surface area contributed by atoms with Crippen molar-refractivity contribution in [2.45, 2.75) is 0 Å². The number of hydrogen-bond acceptors (Lipinski definition) is 2. The van der Waals surface area contributed by atoms with Crippen LogP contribution in [0.25, 0.3) is 0 Å². The maximum absolute atomic E-state index is 12.6. The molecule has 3 nitrogen and oxygen atoms in total. The molecule has 0 fully saturated rings. The van der Waals surface area contributed by atoms with Gasteiger partial charge in [-0.2, -0.15) is 0 Å². The highest BCUT2D eigenvalue weighted by Gasteiger charge is 2.08. The Balaban J connectivity index is 3.25. The Morgan fingerprint density at radius 2 is 2.25 bits per heavy atom. The molecule has 0 amide bonds. The lowest BCUT2D eigenvalue weighted by Crippen LogP contribution is -1.90. The minimum absolute atomic E-state index is 0.204. The van der Waals surface area contributed by atoms with Gasteiger partial charge in [-0.15, -0.1) is 0 Å². The van der Waals surface area contributed by atoms with Crippen LogP contribution in [-0.2, 0) is 0 Å². The molecule has 0 aliphatic carbocycles. The summed E-state index contributed by atoms with van der Waals surface area (Å²) in [6, 6.07) is 2.94. The van der Waals surface area contributed by atoms with Crippen LogP contribution in [0.2, 0.25) is 0 Å².